The van der Waals surface area contributed by atoms with Gasteiger partial charge in [0.15, 0.2) is 10.2 Å². The summed E-state index contributed by atoms with van der Waals surface area (Å²) in [6.45, 7) is 0. The van der Waals surface area contributed by atoms with Gasteiger partial charge in [-0.15, -0.1) is 0 Å². The molecule has 0 aliphatic rings. The Balaban J connectivity index is 2.71. The quantitative estimate of drug-likeness (QED) is 0.256. The first kappa shape index (κ1) is 25.0. The highest BCUT2D eigenvalue weighted by Gasteiger charge is 2.30. The number of hydrazone groups is 2. The number of nitrogens with one attached hydrogen (secondary N) is 2. The number of hydrogen-bond donors (Lipinski definition) is 4. The molecule has 0 aromatic heterocycles. The van der Waals surface area contributed by atoms with Crippen LogP contribution in [0.4, 0.5) is 0 Å². The smallest absolute Gasteiger partial charge is 0.184 e. The van der Waals surface area contributed by atoms with Crippen LogP contribution in [0, 0.1) is 22.7 Å². The van der Waals surface area contributed by atoms with Gasteiger partial charge in [-0.2, -0.15) is 20.7 Å². The lowest BCUT2D eigenvalue weighted by molar-refractivity contribution is 0.974. The van der Waals surface area contributed by atoms with Gasteiger partial charge in [0, 0.05) is 10.0 Å². The molecule has 0 heterocycles. The van der Waals surface area contributed by atoms with E-state index in [1.165, 1.54) is 0 Å². The van der Waals surface area contributed by atoms with Crippen LogP contribution < -0.4 is 22.3 Å². The molecule has 32 heavy (non-hydrogen) atoms. The molecule has 0 saturated heterocycles. The third kappa shape index (κ3) is 6.87. The average Bonchev–Trinajstić information content (AvgIpc) is 2.76. The van der Waals surface area contributed by atoms with Gasteiger partial charge in [-0.25, -0.2) is 0 Å². The topological polar surface area (TPSA) is 148 Å². The Hall–Kier alpha value is -3.28. The molecule has 2 rings (SSSR count). The van der Waals surface area contributed by atoms with Gasteiger partial charge in [-0.1, -0.05) is 47.5 Å². The van der Waals surface area contributed by atoms with E-state index in [-0.39, 0.29) is 21.6 Å². The Kier molecular flexibility index (Phi) is 9.32. The Morgan fingerprint density at radius 3 is 1.31 bits per heavy atom. The largest absolute Gasteiger partial charge is 0.375 e. The van der Waals surface area contributed by atoms with Crippen molar-refractivity contribution in [1.82, 2.24) is 10.9 Å². The van der Waals surface area contributed by atoms with Crippen LogP contribution in [0.1, 0.15) is 23.0 Å². The summed E-state index contributed by atoms with van der Waals surface area (Å²) in [6.07, 6.45) is 0. The predicted octanol–water partition coefficient (Wildman–Crippen LogP) is 3.29. The van der Waals surface area contributed by atoms with Crippen molar-refractivity contribution in [3.63, 3.8) is 0 Å². The van der Waals surface area contributed by atoms with Gasteiger partial charge < -0.3 is 11.5 Å². The van der Waals surface area contributed by atoms with Crippen molar-refractivity contribution < 1.29 is 0 Å². The summed E-state index contributed by atoms with van der Waals surface area (Å²) in [7, 11) is 0. The minimum atomic E-state index is -0.968. The van der Waals surface area contributed by atoms with Gasteiger partial charge in [0.05, 0.1) is 12.1 Å². The van der Waals surface area contributed by atoms with Crippen LogP contribution in [0.2, 0.25) is 10.0 Å². The highest BCUT2D eigenvalue weighted by atomic mass is 35.5. The third-order valence-corrected chi connectivity index (χ3v) is 4.73. The maximum absolute atomic E-state index is 9.99. The molecule has 6 N–H and O–H groups in total. The van der Waals surface area contributed by atoms with Crippen molar-refractivity contribution in [2.75, 3.05) is 0 Å². The fourth-order valence-electron chi connectivity index (χ4n) is 2.67. The van der Waals surface area contributed by atoms with Crippen LogP contribution in [-0.2, 0) is 0 Å². The maximum Gasteiger partial charge on any atom is 0.184 e. The number of thiocarbonyl (C=S) groups is 2. The standard InChI is InChI=1S/C20H16Cl2N8S2/c21-13-5-1-11(2-6-13)15(9-23)17(27-29-19(25)31)18(28-30-20(26)32)16(10-24)12-3-7-14(22)8-4-12/h1-8,15-16H,(H3,25,29,31)(H3,26,30,32)/b27-17-,28-18+/t15-,16+/m1/s1. The minimum Gasteiger partial charge on any atom is -0.375 e. The van der Waals surface area contributed by atoms with E-state index >= 15 is 0 Å². The normalized spacial score (nSPS) is 13.2. The number of nitriles is 2. The predicted molar refractivity (Wildman–Crippen MR) is 134 cm³/mol. The van der Waals surface area contributed by atoms with E-state index in [2.05, 4.69) is 33.2 Å². The molecule has 0 spiro atoms. The van der Waals surface area contributed by atoms with E-state index in [0.29, 0.717) is 21.2 Å². The highest BCUT2D eigenvalue weighted by molar-refractivity contribution is 7.80. The molecule has 8 nitrogen and oxygen atoms in total. The molecule has 2 aromatic carbocycles. The van der Waals surface area contributed by atoms with Gasteiger partial charge in [-0.05, 0) is 59.8 Å². The van der Waals surface area contributed by atoms with Crippen molar-refractivity contribution in [2.24, 2.45) is 21.7 Å². The summed E-state index contributed by atoms with van der Waals surface area (Å²) in [5.41, 5.74) is 17.3. The molecule has 0 aliphatic heterocycles. The molecule has 0 unspecified atom stereocenters. The van der Waals surface area contributed by atoms with E-state index < -0.39 is 11.8 Å². The van der Waals surface area contributed by atoms with Crippen LogP contribution in [0.5, 0.6) is 0 Å². The summed E-state index contributed by atoms with van der Waals surface area (Å²) in [5.74, 6) is -1.94. The van der Waals surface area contributed by atoms with E-state index in [9.17, 15) is 10.5 Å². The third-order valence-electron chi connectivity index (χ3n) is 4.05. The number of benzene rings is 2. The van der Waals surface area contributed by atoms with Gasteiger partial charge in [0.25, 0.3) is 0 Å². The van der Waals surface area contributed by atoms with Crippen molar-refractivity contribution >= 4 is 69.3 Å². The summed E-state index contributed by atoms with van der Waals surface area (Å²) < 4.78 is 0. The second-order valence-corrected chi connectivity index (χ2v) is 7.93. The molecule has 2 atom stereocenters. The fourth-order valence-corrected chi connectivity index (χ4v) is 3.01. The van der Waals surface area contributed by atoms with Crippen LogP contribution in [-0.4, -0.2) is 21.6 Å². The summed E-state index contributed by atoms with van der Waals surface area (Å²) in [5, 5.41) is 29.1. The molecule has 162 valence electrons. The van der Waals surface area contributed by atoms with Crippen molar-refractivity contribution in [1.29, 1.82) is 10.5 Å². The number of nitrogens with two attached hydrogens (primary N) is 2. The molecule has 0 radical (unpaired) electrons. The zero-order valence-corrected chi connectivity index (χ0v) is 19.4. The van der Waals surface area contributed by atoms with E-state index in [1.807, 2.05) is 0 Å². The summed E-state index contributed by atoms with van der Waals surface area (Å²) >= 11 is 21.7. The highest BCUT2D eigenvalue weighted by Crippen LogP contribution is 2.26. The molecule has 0 fully saturated rings. The van der Waals surface area contributed by atoms with Crippen LogP contribution >= 0.6 is 47.6 Å². The number of hydrogen-bond acceptors (Lipinski definition) is 6. The Labute approximate surface area is 205 Å². The zero-order chi connectivity index (χ0) is 23.7. The number of rotatable bonds is 7. The van der Waals surface area contributed by atoms with Crippen LogP contribution in [0.3, 0.4) is 0 Å². The molecule has 0 bridgehead atoms. The van der Waals surface area contributed by atoms with Gasteiger partial charge in [0.2, 0.25) is 0 Å². The molecular formula is C20H16Cl2N8S2. The molecule has 2 aromatic rings. The number of halogens is 2. The van der Waals surface area contributed by atoms with Crippen molar-refractivity contribution in [2.45, 2.75) is 11.8 Å². The Bertz CT molecular complexity index is 1040. The SMILES string of the molecule is N#C[C@H](C(=N\NC(N)=S)/C(=N\NC(N)=S)[C@H](C#N)c1ccc(Cl)cc1)c1ccc(Cl)cc1. The van der Waals surface area contributed by atoms with Crippen LogP contribution in [0.25, 0.3) is 0 Å². The lowest BCUT2D eigenvalue weighted by Crippen LogP contribution is -2.35. The van der Waals surface area contributed by atoms with E-state index in [0.717, 1.165) is 0 Å². The van der Waals surface area contributed by atoms with Crippen LogP contribution in [0.15, 0.2) is 58.7 Å². The zero-order valence-electron chi connectivity index (χ0n) is 16.3. The summed E-state index contributed by atoms with van der Waals surface area (Å²) in [4.78, 5) is 0. The van der Waals surface area contributed by atoms with Gasteiger partial charge in [0.1, 0.15) is 23.3 Å². The summed E-state index contributed by atoms with van der Waals surface area (Å²) in [6, 6.07) is 17.5. The minimum absolute atomic E-state index is 0.0767. The van der Waals surface area contributed by atoms with Gasteiger partial charge >= 0.3 is 0 Å². The van der Waals surface area contributed by atoms with Crippen molar-refractivity contribution in [3.05, 3.63) is 69.7 Å². The number of nitrogens with zero attached hydrogens (tertiary/aromatic N) is 4. The first-order valence-electron chi connectivity index (χ1n) is 8.83. The monoisotopic (exact) mass is 502 g/mol. The van der Waals surface area contributed by atoms with Crippen molar-refractivity contribution in [3.8, 4) is 12.1 Å². The molecule has 0 aliphatic carbocycles. The molecule has 0 amide bonds. The second kappa shape index (κ2) is 11.9. The first-order valence-corrected chi connectivity index (χ1v) is 10.4. The Morgan fingerprint density at radius 1 is 0.750 bits per heavy atom. The maximum atomic E-state index is 9.99. The van der Waals surface area contributed by atoms with E-state index in [1.54, 1.807) is 48.5 Å². The molecular weight excluding hydrogens is 487 g/mol. The lowest BCUT2D eigenvalue weighted by atomic mass is 9.85. The molecule has 12 heteroatoms. The molecule has 0 saturated carbocycles. The fraction of sp³-hybridized carbons (Fsp3) is 0.100. The van der Waals surface area contributed by atoms with E-state index in [4.69, 9.17) is 59.1 Å². The Morgan fingerprint density at radius 2 is 1.06 bits per heavy atom. The first-order chi connectivity index (χ1) is 15.3. The lowest BCUT2D eigenvalue weighted by Gasteiger charge is -2.19. The van der Waals surface area contributed by atoms with Gasteiger partial charge in [-0.3, -0.25) is 10.9 Å². The second-order valence-electron chi connectivity index (χ2n) is 6.17. The average molecular weight is 503 g/mol.